The van der Waals surface area contributed by atoms with Crippen LogP contribution in [-0.4, -0.2) is 65.1 Å². The standard InChI is InChI=1S/C28H38N4O4S/c1-3-20-21-8-9-22(33)27(26(21)30-28(20)37-2)31-17-13-19(14-18-31)12-15-29-23(34)7-5-4-6-16-32-24(35)10-11-25(32)36/h8-11,19,30,33H,3-7,12-18H2,1-2H3,(H,29,34). The predicted octanol–water partition coefficient (Wildman–Crippen LogP) is 4.37. The van der Waals surface area contributed by atoms with Crippen LogP contribution in [0.1, 0.15) is 57.4 Å². The molecule has 0 unspecified atom stereocenters. The number of aromatic hydroxyl groups is 1. The Balaban J connectivity index is 1.16. The molecule has 0 saturated carbocycles. The third kappa shape index (κ3) is 6.32. The average Bonchev–Trinajstić information content (AvgIpc) is 3.42. The van der Waals surface area contributed by atoms with Crippen LogP contribution in [0.3, 0.4) is 0 Å². The van der Waals surface area contributed by atoms with Crippen LogP contribution in [0.5, 0.6) is 5.75 Å². The van der Waals surface area contributed by atoms with E-state index in [4.69, 9.17) is 0 Å². The number of aryl methyl sites for hydroxylation is 1. The lowest BCUT2D eigenvalue weighted by atomic mass is 9.93. The van der Waals surface area contributed by atoms with Crippen molar-refractivity contribution in [1.82, 2.24) is 15.2 Å². The Hall–Kier alpha value is -2.94. The Morgan fingerprint density at radius 3 is 2.54 bits per heavy atom. The van der Waals surface area contributed by atoms with Gasteiger partial charge in [-0.1, -0.05) is 13.3 Å². The normalized spacial score (nSPS) is 16.4. The molecular weight excluding hydrogens is 488 g/mol. The second kappa shape index (κ2) is 12.5. The van der Waals surface area contributed by atoms with Crippen molar-refractivity contribution in [2.45, 2.75) is 63.3 Å². The third-order valence-corrected chi connectivity index (χ3v) is 8.30. The summed E-state index contributed by atoms with van der Waals surface area (Å²) in [5.74, 6) is 0.444. The first-order valence-electron chi connectivity index (χ1n) is 13.4. The highest BCUT2D eigenvalue weighted by molar-refractivity contribution is 7.98. The van der Waals surface area contributed by atoms with Crippen molar-refractivity contribution in [2.24, 2.45) is 5.92 Å². The van der Waals surface area contributed by atoms with E-state index in [2.05, 4.69) is 28.4 Å². The van der Waals surface area contributed by atoms with E-state index in [1.54, 1.807) is 11.8 Å². The quantitative estimate of drug-likeness (QED) is 0.216. The summed E-state index contributed by atoms with van der Waals surface area (Å²) in [5, 5.41) is 16.1. The maximum atomic E-state index is 12.2. The lowest BCUT2D eigenvalue weighted by molar-refractivity contribution is -0.137. The van der Waals surface area contributed by atoms with Gasteiger partial charge < -0.3 is 20.3 Å². The summed E-state index contributed by atoms with van der Waals surface area (Å²) >= 11 is 1.71. The van der Waals surface area contributed by atoms with Gasteiger partial charge in [0.1, 0.15) is 11.4 Å². The zero-order chi connectivity index (χ0) is 26.4. The molecule has 0 spiro atoms. The molecule has 2 aliphatic rings. The molecule has 0 radical (unpaired) electrons. The molecule has 8 nitrogen and oxygen atoms in total. The number of benzene rings is 1. The van der Waals surface area contributed by atoms with E-state index in [0.29, 0.717) is 31.2 Å². The van der Waals surface area contributed by atoms with Crippen LogP contribution in [0.15, 0.2) is 29.3 Å². The lowest BCUT2D eigenvalue weighted by Crippen LogP contribution is -2.35. The van der Waals surface area contributed by atoms with Crippen molar-refractivity contribution in [3.63, 3.8) is 0 Å². The van der Waals surface area contributed by atoms with E-state index < -0.39 is 0 Å². The van der Waals surface area contributed by atoms with Crippen LogP contribution in [-0.2, 0) is 20.8 Å². The number of thioether (sulfide) groups is 1. The number of phenols is 1. The van der Waals surface area contributed by atoms with Gasteiger partial charge in [-0.2, -0.15) is 0 Å². The summed E-state index contributed by atoms with van der Waals surface area (Å²) in [6.45, 7) is 5.04. The SMILES string of the molecule is CCc1c(SC)[nH]c2c(N3CCC(CCNC(=O)CCCCCN4C(=O)C=CC4=O)CC3)c(O)ccc12. The number of anilines is 1. The molecule has 3 amide bonds. The lowest BCUT2D eigenvalue weighted by Gasteiger charge is -2.34. The number of unbranched alkanes of at least 4 members (excludes halogenated alkanes) is 2. The van der Waals surface area contributed by atoms with Crippen molar-refractivity contribution in [3.05, 3.63) is 29.8 Å². The number of H-pyrrole nitrogens is 1. The van der Waals surface area contributed by atoms with Crippen LogP contribution in [0.2, 0.25) is 0 Å². The number of phenolic OH excluding ortho intramolecular Hbond substituents is 1. The molecular formula is C28H38N4O4S. The van der Waals surface area contributed by atoms with Gasteiger partial charge in [0, 0.05) is 50.1 Å². The summed E-state index contributed by atoms with van der Waals surface area (Å²) in [6.07, 6.45) is 11.4. The molecule has 37 heavy (non-hydrogen) atoms. The summed E-state index contributed by atoms with van der Waals surface area (Å²) in [6, 6.07) is 3.84. The first-order chi connectivity index (χ1) is 17.9. The smallest absolute Gasteiger partial charge is 0.253 e. The molecule has 1 aromatic heterocycles. The topological polar surface area (TPSA) is 106 Å². The van der Waals surface area contributed by atoms with Gasteiger partial charge in [0.2, 0.25) is 5.91 Å². The number of carbonyl (C=O) groups is 3. The Bertz CT molecular complexity index is 1150. The van der Waals surface area contributed by atoms with Crippen LogP contribution >= 0.6 is 11.8 Å². The van der Waals surface area contributed by atoms with Crippen LogP contribution < -0.4 is 10.2 Å². The number of amides is 3. The molecule has 9 heteroatoms. The van der Waals surface area contributed by atoms with Crippen LogP contribution in [0.25, 0.3) is 10.9 Å². The first kappa shape index (κ1) is 27.1. The van der Waals surface area contributed by atoms with E-state index in [9.17, 15) is 19.5 Å². The van der Waals surface area contributed by atoms with E-state index in [0.717, 1.165) is 69.2 Å². The predicted molar refractivity (Wildman–Crippen MR) is 148 cm³/mol. The summed E-state index contributed by atoms with van der Waals surface area (Å²) < 4.78 is 0. The minimum absolute atomic E-state index is 0.0621. The maximum Gasteiger partial charge on any atom is 0.253 e. The van der Waals surface area contributed by atoms with Crippen LogP contribution in [0, 0.1) is 5.92 Å². The highest BCUT2D eigenvalue weighted by Gasteiger charge is 2.25. The van der Waals surface area contributed by atoms with Gasteiger partial charge in [0.05, 0.1) is 10.5 Å². The van der Waals surface area contributed by atoms with Gasteiger partial charge in [-0.05, 0) is 68.4 Å². The van der Waals surface area contributed by atoms with E-state index in [1.807, 2.05) is 12.1 Å². The van der Waals surface area contributed by atoms with Gasteiger partial charge in [0.25, 0.3) is 11.8 Å². The summed E-state index contributed by atoms with van der Waals surface area (Å²) in [4.78, 5) is 42.4. The highest BCUT2D eigenvalue weighted by atomic mass is 32.2. The molecule has 1 fully saturated rings. The second-order valence-electron chi connectivity index (χ2n) is 9.89. The molecule has 0 aliphatic carbocycles. The molecule has 3 heterocycles. The number of aromatic amines is 1. The second-order valence-corrected chi connectivity index (χ2v) is 10.7. The molecule has 1 aromatic carbocycles. The number of aromatic nitrogens is 1. The van der Waals surface area contributed by atoms with Gasteiger partial charge in [0.15, 0.2) is 0 Å². The minimum Gasteiger partial charge on any atom is -0.506 e. The van der Waals surface area contributed by atoms with Gasteiger partial charge in [-0.25, -0.2) is 0 Å². The number of hydrogen-bond donors (Lipinski definition) is 3. The van der Waals surface area contributed by atoms with E-state index in [1.165, 1.54) is 33.0 Å². The van der Waals surface area contributed by atoms with Crippen molar-refractivity contribution < 1.29 is 19.5 Å². The summed E-state index contributed by atoms with van der Waals surface area (Å²) in [7, 11) is 0. The largest absolute Gasteiger partial charge is 0.506 e. The monoisotopic (exact) mass is 526 g/mol. The molecule has 2 aromatic rings. The molecule has 1 saturated heterocycles. The zero-order valence-electron chi connectivity index (χ0n) is 21.8. The van der Waals surface area contributed by atoms with E-state index in [-0.39, 0.29) is 17.7 Å². The number of rotatable bonds is 12. The maximum absolute atomic E-state index is 12.2. The van der Waals surface area contributed by atoms with Crippen molar-refractivity contribution in [1.29, 1.82) is 0 Å². The fourth-order valence-electron chi connectivity index (χ4n) is 5.45. The molecule has 2 aliphatic heterocycles. The van der Waals surface area contributed by atoms with Crippen molar-refractivity contribution in [2.75, 3.05) is 37.3 Å². The van der Waals surface area contributed by atoms with Crippen molar-refractivity contribution in [3.8, 4) is 5.75 Å². The highest BCUT2D eigenvalue weighted by Crippen LogP contribution is 2.41. The number of nitrogens with one attached hydrogen (secondary N) is 2. The van der Waals surface area contributed by atoms with E-state index >= 15 is 0 Å². The van der Waals surface area contributed by atoms with Gasteiger partial charge in [-0.3, -0.25) is 19.3 Å². The molecule has 200 valence electrons. The number of piperidine rings is 1. The molecule has 0 atom stereocenters. The zero-order valence-corrected chi connectivity index (χ0v) is 22.7. The molecule has 3 N–H and O–H groups in total. The number of imide groups is 1. The Morgan fingerprint density at radius 1 is 1.14 bits per heavy atom. The average molecular weight is 527 g/mol. The van der Waals surface area contributed by atoms with Gasteiger partial charge in [-0.15, -0.1) is 11.8 Å². The third-order valence-electron chi connectivity index (χ3n) is 7.54. The fraction of sp³-hybridized carbons (Fsp3) is 0.536. The van der Waals surface area contributed by atoms with Gasteiger partial charge >= 0.3 is 0 Å². The molecule has 0 bridgehead atoms. The van der Waals surface area contributed by atoms with Crippen molar-refractivity contribution >= 4 is 46.1 Å². The number of carbonyl (C=O) groups excluding carboxylic acids is 3. The fourth-order valence-corrected chi connectivity index (χ4v) is 6.15. The Labute approximate surface area is 222 Å². The number of hydrogen-bond acceptors (Lipinski definition) is 6. The summed E-state index contributed by atoms with van der Waals surface area (Å²) in [5.41, 5.74) is 3.25. The first-order valence-corrected chi connectivity index (χ1v) is 14.6. The molecule has 4 rings (SSSR count). The van der Waals surface area contributed by atoms with Crippen LogP contribution in [0.4, 0.5) is 5.69 Å². The number of fused-ring (bicyclic) bond motifs is 1. The number of nitrogens with zero attached hydrogens (tertiary/aromatic N) is 2. The Kier molecular flexibility index (Phi) is 9.18. The minimum atomic E-state index is -0.248. The Morgan fingerprint density at radius 2 is 1.86 bits per heavy atom.